The molecule has 0 heterocycles. The molecule has 116 valence electrons. The SMILES string of the molecule is CCCNC(=NC)NCCCCCCCN(C)C.I. The van der Waals surface area contributed by atoms with Crippen molar-refractivity contribution in [2.75, 3.05) is 40.8 Å². The number of nitrogens with one attached hydrogen (secondary N) is 2. The minimum Gasteiger partial charge on any atom is -0.356 e. The number of hydrogen-bond acceptors (Lipinski definition) is 2. The van der Waals surface area contributed by atoms with E-state index in [4.69, 9.17) is 0 Å². The highest BCUT2D eigenvalue weighted by atomic mass is 127. The maximum atomic E-state index is 4.18. The van der Waals surface area contributed by atoms with Crippen molar-refractivity contribution in [2.45, 2.75) is 45.4 Å². The first kappa shape index (κ1) is 21.3. The minimum absolute atomic E-state index is 0. The van der Waals surface area contributed by atoms with Gasteiger partial charge in [-0.05, 0) is 39.9 Å². The van der Waals surface area contributed by atoms with E-state index in [1.807, 2.05) is 7.05 Å². The molecular weight excluding hydrogens is 351 g/mol. The molecule has 19 heavy (non-hydrogen) atoms. The Hall–Kier alpha value is -0.0400. The number of nitrogens with zero attached hydrogens (tertiary/aromatic N) is 2. The van der Waals surface area contributed by atoms with Gasteiger partial charge in [0, 0.05) is 20.1 Å². The lowest BCUT2D eigenvalue weighted by Crippen LogP contribution is -2.38. The Bertz CT molecular complexity index is 208. The van der Waals surface area contributed by atoms with Crippen molar-refractivity contribution >= 4 is 29.9 Å². The van der Waals surface area contributed by atoms with Crippen LogP contribution in [0.5, 0.6) is 0 Å². The van der Waals surface area contributed by atoms with E-state index in [9.17, 15) is 0 Å². The normalized spacial score (nSPS) is 11.3. The van der Waals surface area contributed by atoms with Crippen LogP contribution in [-0.2, 0) is 0 Å². The van der Waals surface area contributed by atoms with Crippen molar-refractivity contribution in [3.63, 3.8) is 0 Å². The van der Waals surface area contributed by atoms with Crippen LogP contribution >= 0.6 is 24.0 Å². The fraction of sp³-hybridized carbons (Fsp3) is 0.929. The van der Waals surface area contributed by atoms with Crippen LogP contribution in [0.1, 0.15) is 45.4 Å². The van der Waals surface area contributed by atoms with Gasteiger partial charge in [-0.2, -0.15) is 0 Å². The number of aliphatic imine (C=N–C) groups is 1. The Morgan fingerprint density at radius 3 is 2.11 bits per heavy atom. The van der Waals surface area contributed by atoms with Gasteiger partial charge < -0.3 is 15.5 Å². The van der Waals surface area contributed by atoms with Gasteiger partial charge in [-0.15, -0.1) is 24.0 Å². The van der Waals surface area contributed by atoms with Crippen molar-refractivity contribution in [1.82, 2.24) is 15.5 Å². The lowest BCUT2D eigenvalue weighted by atomic mass is 10.1. The second kappa shape index (κ2) is 16.0. The number of halogens is 1. The summed E-state index contributed by atoms with van der Waals surface area (Å²) in [7, 11) is 6.10. The highest BCUT2D eigenvalue weighted by molar-refractivity contribution is 14.0. The number of hydrogen-bond donors (Lipinski definition) is 2. The lowest BCUT2D eigenvalue weighted by Gasteiger charge is -2.11. The summed E-state index contributed by atoms with van der Waals surface area (Å²) < 4.78 is 0. The van der Waals surface area contributed by atoms with Gasteiger partial charge in [0.15, 0.2) is 5.96 Å². The predicted octanol–water partition coefficient (Wildman–Crippen LogP) is 2.69. The molecule has 0 amide bonds. The van der Waals surface area contributed by atoms with Crippen molar-refractivity contribution in [1.29, 1.82) is 0 Å². The van der Waals surface area contributed by atoms with Crippen LogP contribution in [0, 0.1) is 0 Å². The zero-order chi connectivity index (χ0) is 13.6. The van der Waals surface area contributed by atoms with Gasteiger partial charge >= 0.3 is 0 Å². The van der Waals surface area contributed by atoms with Crippen molar-refractivity contribution in [3.05, 3.63) is 0 Å². The molecule has 0 aromatic carbocycles. The highest BCUT2D eigenvalue weighted by Crippen LogP contribution is 2.02. The van der Waals surface area contributed by atoms with Crippen LogP contribution in [-0.4, -0.2) is 51.6 Å². The number of guanidine groups is 1. The molecule has 0 aromatic rings. The van der Waals surface area contributed by atoms with E-state index in [0.29, 0.717) is 0 Å². The van der Waals surface area contributed by atoms with Gasteiger partial charge in [0.05, 0.1) is 0 Å². The van der Waals surface area contributed by atoms with Gasteiger partial charge in [0.25, 0.3) is 0 Å². The Labute approximate surface area is 136 Å². The third-order valence-electron chi connectivity index (χ3n) is 2.84. The van der Waals surface area contributed by atoms with E-state index in [1.165, 1.54) is 38.6 Å². The first-order valence-corrected chi connectivity index (χ1v) is 7.30. The largest absolute Gasteiger partial charge is 0.356 e. The molecule has 0 aromatic heterocycles. The molecule has 0 bridgehead atoms. The third kappa shape index (κ3) is 15.9. The van der Waals surface area contributed by atoms with Gasteiger partial charge in [0.2, 0.25) is 0 Å². The third-order valence-corrected chi connectivity index (χ3v) is 2.84. The van der Waals surface area contributed by atoms with Crippen LogP contribution in [0.25, 0.3) is 0 Å². The Morgan fingerprint density at radius 1 is 0.947 bits per heavy atom. The standard InChI is InChI=1S/C14H32N4.HI/c1-5-11-16-14(15-2)17-12-9-7-6-8-10-13-18(3)4;/h5-13H2,1-4H3,(H2,15,16,17);1H. The van der Waals surface area contributed by atoms with E-state index >= 15 is 0 Å². The molecule has 5 heteroatoms. The molecule has 0 fully saturated rings. The molecule has 0 radical (unpaired) electrons. The van der Waals surface area contributed by atoms with Gasteiger partial charge in [0.1, 0.15) is 0 Å². The molecule has 0 aliphatic heterocycles. The van der Waals surface area contributed by atoms with E-state index in [0.717, 1.165) is 25.5 Å². The first-order chi connectivity index (χ1) is 8.70. The van der Waals surface area contributed by atoms with Gasteiger partial charge in [-0.1, -0.05) is 26.2 Å². The number of unbranched alkanes of at least 4 members (excludes halogenated alkanes) is 4. The second-order valence-corrected chi connectivity index (χ2v) is 5.00. The molecule has 0 atom stereocenters. The van der Waals surface area contributed by atoms with E-state index in [2.05, 4.69) is 41.5 Å². The summed E-state index contributed by atoms with van der Waals surface area (Å²) in [4.78, 5) is 6.44. The Balaban J connectivity index is 0. The van der Waals surface area contributed by atoms with Crippen LogP contribution in [0.15, 0.2) is 4.99 Å². The topological polar surface area (TPSA) is 39.7 Å². The summed E-state index contributed by atoms with van der Waals surface area (Å²) in [5.74, 6) is 0.935. The fourth-order valence-electron chi connectivity index (χ4n) is 1.75. The molecule has 0 aliphatic rings. The fourth-order valence-corrected chi connectivity index (χ4v) is 1.75. The maximum absolute atomic E-state index is 4.18. The van der Waals surface area contributed by atoms with Crippen LogP contribution in [0.3, 0.4) is 0 Å². The highest BCUT2D eigenvalue weighted by Gasteiger charge is 1.96. The monoisotopic (exact) mass is 384 g/mol. The minimum atomic E-state index is 0. The first-order valence-electron chi connectivity index (χ1n) is 7.30. The molecule has 0 rings (SSSR count). The van der Waals surface area contributed by atoms with E-state index in [1.54, 1.807) is 0 Å². The van der Waals surface area contributed by atoms with Crippen LogP contribution in [0.4, 0.5) is 0 Å². The maximum Gasteiger partial charge on any atom is 0.190 e. The average molecular weight is 384 g/mol. The van der Waals surface area contributed by atoms with Gasteiger partial charge in [-0.3, -0.25) is 4.99 Å². The summed E-state index contributed by atoms with van der Waals surface area (Å²) in [5, 5.41) is 6.62. The summed E-state index contributed by atoms with van der Waals surface area (Å²) in [5.41, 5.74) is 0. The second-order valence-electron chi connectivity index (χ2n) is 5.00. The Kier molecular flexibility index (Phi) is 17.9. The molecule has 0 saturated heterocycles. The zero-order valence-electron chi connectivity index (χ0n) is 13.2. The quantitative estimate of drug-likeness (QED) is 0.263. The molecule has 4 nitrogen and oxygen atoms in total. The molecule has 0 saturated carbocycles. The summed E-state index contributed by atoms with van der Waals surface area (Å²) in [6, 6.07) is 0. The zero-order valence-corrected chi connectivity index (χ0v) is 15.5. The molecule has 0 spiro atoms. The average Bonchev–Trinajstić information content (AvgIpc) is 2.35. The van der Waals surface area contributed by atoms with Crippen molar-refractivity contribution in [3.8, 4) is 0 Å². The molecule has 0 unspecified atom stereocenters. The number of rotatable bonds is 10. The van der Waals surface area contributed by atoms with Gasteiger partial charge in [-0.25, -0.2) is 0 Å². The molecule has 2 N–H and O–H groups in total. The van der Waals surface area contributed by atoms with Crippen LogP contribution < -0.4 is 10.6 Å². The lowest BCUT2D eigenvalue weighted by molar-refractivity contribution is 0.389. The van der Waals surface area contributed by atoms with Crippen molar-refractivity contribution < 1.29 is 0 Å². The predicted molar refractivity (Wildman–Crippen MR) is 96.7 cm³/mol. The van der Waals surface area contributed by atoms with Crippen LogP contribution in [0.2, 0.25) is 0 Å². The summed E-state index contributed by atoms with van der Waals surface area (Å²) >= 11 is 0. The van der Waals surface area contributed by atoms with E-state index < -0.39 is 0 Å². The summed E-state index contributed by atoms with van der Waals surface area (Å²) in [6.07, 6.45) is 7.68. The Morgan fingerprint density at radius 2 is 1.53 bits per heavy atom. The molecular formula is C14H33IN4. The van der Waals surface area contributed by atoms with E-state index in [-0.39, 0.29) is 24.0 Å². The van der Waals surface area contributed by atoms with Crippen molar-refractivity contribution in [2.24, 2.45) is 4.99 Å². The smallest absolute Gasteiger partial charge is 0.190 e. The summed E-state index contributed by atoms with van der Waals surface area (Å²) in [6.45, 7) is 5.39. The molecule has 0 aliphatic carbocycles.